The lowest BCUT2D eigenvalue weighted by atomic mass is 10.00. The van der Waals surface area contributed by atoms with Crippen LogP contribution in [0.5, 0.6) is 0 Å². The molecule has 1 aliphatic carbocycles. The van der Waals surface area contributed by atoms with Crippen molar-refractivity contribution in [3.63, 3.8) is 0 Å². The molecule has 0 heterocycles. The quantitative estimate of drug-likeness (QED) is 0.474. The second kappa shape index (κ2) is 6.45. The Morgan fingerprint density at radius 2 is 1.77 bits per heavy atom. The number of rotatable bonds is 8. The van der Waals surface area contributed by atoms with Gasteiger partial charge in [-0.1, -0.05) is 71.6 Å². The summed E-state index contributed by atoms with van der Waals surface area (Å²) in [6.07, 6.45) is 13.4. The van der Waals surface area contributed by atoms with Crippen LogP contribution in [0.1, 0.15) is 71.6 Å². The molecule has 0 N–H and O–H groups in total. The van der Waals surface area contributed by atoms with Gasteiger partial charge in [-0.2, -0.15) is 0 Å². The van der Waals surface area contributed by atoms with Crippen LogP contribution in [0.2, 0.25) is 0 Å². The van der Waals surface area contributed by atoms with Crippen molar-refractivity contribution in [2.45, 2.75) is 71.6 Å². The van der Waals surface area contributed by atoms with Crippen molar-refractivity contribution in [2.24, 2.45) is 11.8 Å². The maximum absolute atomic E-state index is 2.38. The first kappa shape index (κ1) is 11.1. The molecule has 0 aliphatic heterocycles. The molecule has 0 nitrogen and oxygen atoms in total. The van der Waals surface area contributed by atoms with Crippen molar-refractivity contribution < 1.29 is 0 Å². The minimum Gasteiger partial charge on any atom is -0.0651 e. The lowest BCUT2D eigenvalue weighted by Crippen LogP contribution is -1.91. The summed E-state index contributed by atoms with van der Waals surface area (Å²) in [7, 11) is 0. The molecule has 0 aromatic heterocycles. The average Bonchev–Trinajstić information content (AvgIpc) is 2.94. The summed E-state index contributed by atoms with van der Waals surface area (Å²) in [4.78, 5) is 0. The molecule has 0 saturated heterocycles. The van der Waals surface area contributed by atoms with Crippen LogP contribution in [0.4, 0.5) is 0 Å². The lowest BCUT2D eigenvalue weighted by molar-refractivity contribution is 0.470. The molecule has 0 aromatic rings. The fraction of sp³-hybridized carbons (Fsp3) is 1.00. The summed E-state index contributed by atoms with van der Waals surface area (Å²) < 4.78 is 0. The highest BCUT2D eigenvalue weighted by Gasteiger charge is 2.19. The fourth-order valence-electron chi connectivity index (χ4n) is 1.89. The highest BCUT2D eigenvalue weighted by Crippen LogP contribution is 2.34. The van der Waals surface area contributed by atoms with Crippen molar-refractivity contribution in [1.82, 2.24) is 0 Å². The zero-order valence-electron chi connectivity index (χ0n) is 9.52. The predicted molar refractivity (Wildman–Crippen MR) is 59.9 cm³/mol. The topological polar surface area (TPSA) is 0 Å². The second-order valence-corrected chi connectivity index (χ2v) is 4.95. The van der Waals surface area contributed by atoms with Gasteiger partial charge in [-0.25, -0.2) is 0 Å². The number of hydrogen-bond donors (Lipinski definition) is 0. The SMILES string of the molecule is CCC(C)CCCCCCC1CC1. The van der Waals surface area contributed by atoms with E-state index < -0.39 is 0 Å². The van der Waals surface area contributed by atoms with E-state index in [1.807, 2.05) is 0 Å². The Balaban J connectivity index is 1.72. The molecule has 1 unspecified atom stereocenters. The fourth-order valence-corrected chi connectivity index (χ4v) is 1.89. The average molecular weight is 182 g/mol. The molecule has 0 amide bonds. The normalized spacial score (nSPS) is 18.9. The van der Waals surface area contributed by atoms with E-state index in [1.165, 1.54) is 57.8 Å². The van der Waals surface area contributed by atoms with Crippen molar-refractivity contribution in [3.8, 4) is 0 Å². The molecule has 1 rings (SSSR count). The second-order valence-electron chi connectivity index (χ2n) is 4.95. The number of hydrogen-bond acceptors (Lipinski definition) is 0. The van der Waals surface area contributed by atoms with Crippen LogP contribution in [0.3, 0.4) is 0 Å². The summed E-state index contributed by atoms with van der Waals surface area (Å²) >= 11 is 0. The highest BCUT2D eigenvalue weighted by molar-refractivity contribution is 4.72. The van der Waals surface area contributed by atoms with Gasteiger partial charge in [0.1, 0.15) is 0 Å². The van der Waals surface area contributed by atoms with E-state index in [0.29, 0.717) is 0 Å². The van der Waals surface area contributed by atoms with E-state index >= 15 is 0 Å². The maximum Gasteiger partial charge on any atom is -0.0414 e. The summed E-state index contributed by atoms with van der Waals surface area (Å²) in [6.45, 7) is 4.68. The zero-order valence-corrected chi connectivity index (χ0v) is 9.52. The number of unbranched alkanes of at least 4 members (excludes halogenated alkanes) is 3. The highest BCUT2D eigenvalue weighted by atomic mass is 14.3. The van der Waals surface area contributed by atoms with Gasteiger partial charge in [0.05, 0.1) is 0 Å². The lowest BCUT2D eigenvalue weighted by Gasteiger charge is -2.07. The molecule has 1 saturated carbocycles. The Morgan fingerprint density at radius 1 is 1.08 bits per heavy atom. The standard InChI is InChI=1S/C13H26/c1-3-12(2)8-6-4-5-7-9-13-10-11-13/h12-13H,3-11H2,1-2H3. The summed E-state index contributed by atoms with van der Waals surface area (Å²) in [5, 5.41) is 0. The molecule has 0 aromatic carbocycles. The largest absolute Gasteiger partial charge is 0.0651 e. The van der Waals surface area contributed by atoms with E-state index in [1.54, 1.807) is 0 Å². The monoisotopic (exact) mass is 182 g/mol. The molecular formula is C13H26. The third-order valence-corrected chi connectivity index (χ3v) is 3.45. The van der Waals surface area contributed by atoms with Gasteiger partial charge in [0.2, 0.25) is 0 Å². The Morgan fingerprint density at radius 3 is 2.38 bits per heavy atom. The molecule has 0 bridgehead atoms. The molecule has 0 heteroatoms. The van der Waals surface area contributed by atoms with Gasteiger partial charge in [0.25, 0.3) is 0 Å². The van der Waals surface area contributed by atoms with Crippen molar-refractivity contribution >= 4 is 0 Å². The van der Waals surface area contributed by atoms with Crippen LogP contribution in [0, 0.1) is 11.8 Å². The molecule has 1 aliphatic rings. The molecule has 1 fully saturated rings. The van der Waals surface area contributed by atoms with Gasteiger partial charge in [-0.15, -0.1) is 0 Å². The molecule has 78 valence electrons. The Kier molecular flexibility index (Phi) is 5.50. The summed E-state index contributed by atoms with van der Waals surface area (Å²) in [6, 6.07) is 0. The van der Waals surface area contributed by atoms with E-state index in [9.17, 15) is 0 Å². The third-order valence-electron chi connectivity index (χ3n) is 3.45. The first-order chi connectivity index (χ1) is 6.33. The van der Waals surface area contributed by atoms with Crippen LogP contribution >= 0.6 is 0 Å². The zero-order chi connectivity index (χ0) is 9.52. The molecule has 1 atom stereocenters. The molecule has 0 spiro atoms. The van der Waals surface area contributed by atoms with E-state index in [4.69, 9.17) is 0 Å². The van der Waals surface area contributed by atoms with Crippen LogP contribution < -0.4 is 0 Å². The summed E-state index contributed by atoms with van der Waals surface area (Å²) in [5.41, 5.74) is 0. The Labute approximate surface area is 84.1 Å². The minimum absolute atomic E-state index is 0.962. The van der Waals surface area contributed by atoms with Crippen LogP contribution in [-0.4, -0.2) is 0 Å². The first-order valence-electron chi connectivity index (χ1n) is 6.33. The first-order valence-corrected chi connectivity index (χ1v) is 6.33. The maximum atomic E-state index is 2.38. The minimum atomic E-state index is 0.962. The Hall–Kier alpha value is 0. The summed E-state index contributed by atoms with van der Waals surface area (Å²) in [5.74, 6) is 2.11. The van der Waals surface area contributed by atoms with Gasteiger partial charge in [-0.3, -0.25) is 0 Å². The van der Waals surface area contributed by atoms with E-state index in [-0.39, 0.29) is 0 Å². The molecular weight excluding hydrogens is 156 g/mol. The molecule has 0 radical (unpaired) electrons. The smallest absolute Gasteiger partial charge is 0.0414 e. The van der Waals surface area contributed by atoms with Crippen LogP contribution in [0.15, 0.2) is 0 Å². The van der Waals surface area contributed by atoms with E-state index in [0.717, 1.165) is 11.8 Å². The van der Waals surface area contributed by atoms with Crippen molar-refractivity contribution in [1.29, 1.82) is 0 Å². The Bertz CT molecular complexity index is 113. The van der Waals surface area contributed by atoms with Crippen molar-refractivity contribution in [2.75, 3.05) is 0 Å². The van der Waals surface area contributed by atoms with E-state index in [2.05, 4.69) is 13.8 Å². The van der Waals surface area contributed by atoms with Crippen LogP contribution in [0.25, 0.3) is 0 Å². The van der Waals surface area contributed by atoms with Gasteiger partial charge in [0.15, 0.2) is 0 Å². The predicted octanol–water partition coefficient (Wildman–Crippen LogP) is 4.78. The van der Waals surface area contributed by atoms with Gasteiger partial charge in [0, 0.05) is 0 Å². The van der Waals surface area contributed by atoms with Gasteiger partial charge >= 0.3 is 0 Å². The van der Waals surface area contributed by atoms with Gasteiger partial charge < -0.3 is 0 Å². The van der Waals surface area contributed by atoms with Gasteiger partial charge in [-0.05, 0) is 11.8 Å². The van der Waals surface area contributed by atoms with Crippen LogP contribution in [-0.2, 0) is 0 Å². The van der Waals surface area contributed by atoms with Crippen molar-refractivity contribution in [3.05, 3.63) is 0 Å². The third kappa shape index (κ3) is 6.12. The molecule has 13 heavy (non-hydrogen) atoms.